The maximum absolute atomic E-state index is 13.1. The Morgan fingerprint density at radius 3 is 2.50 bits per heavy atom. The molecule has 0 saturated carbocycles. The molecule has 0 unspecified atom stereocenters. The molecule has 5 heteroatoms. The highest BCUT2D eigenvalue weighted by Gasteiger charge is 2.08. The number of nitrogens with one attached hydrogen (secondary N) is 1. The number of amidine groups is 1. The highest BCUT2D eigenvalue weighted by Crippen LogP contribution is 2.17. The molecule has 0 aliphatic rings. The van der Waals surface area contributed by atoms with Gasteiger partial charge in [-0.15, -0.1) is 0 Å². The van der Waals surface area contributed by atoms with E-state index in [1.807, 2.05) is 0 Å². The van der Waals surface area contributed by atoms with Gasteiger partial charge in [-0.2, -0.15) is 0 Å². The number of halogens is 1. The van der Waals surface area contributed by atoms with Crippen molar-refractivity contribution in [3.8, 4) is 5.75 Å². The Hall–Kier alpha value is -2.40. The van der Waals surface area contributed by atoms with Crippen LogP contribution in [-0.4, -0.2) is 10.9 Å². The standard InChI is InChI=1S/C15H15FN2O2/c16-12-4-3-11(14(7-12)15(17)18)9-20-13-5-1-10(8-19)2-6-13/h1-7,19H,8-9H2,(H3,17,18). The number of hydrogen-bond donors (Lipinski definition) is 3. The molecular formula is C15H15FN2O2. The zero-order chi connectivity index (χ0) is 14.5. The molecule has 104 valence electrons. The highest BCUT2D eigenvalue weighted by atomic mass is 19.1. The molecule has 2 rings (SSSR count). The van der Waals surface area contributed by atoms with E-state index in [0.717, 1.165) is 5.56 Å². The molecule has 0 bridgehead atoms. The van der Waals surface area contributed by atoms with Gasteiger partial charge < -0.3 is 15.6 Å². The van der Waals surface area contributed by atoms with Gasteiger partial charge in [-0.3, -0.25) is 5.41 Å². The number of ether oxygens (including phenoxy) is 1. The van der Waals surface area contributed by atoms with E-state index < -0.39 is 5.82 Å². The Labute approximate surface area is 116 Å². The average molecular weight is 274 g/mol. The van der Waals surface area contributed by atoms with Crippen LogP contribution in [0.1, 0.15) is 16.7 Å². The number of aliphatic hydroxyl groups excluding tert-OH is 1. The van der Waals surface area contributed by atoms with Crippen LogP contribution in [0.3, 0.4) is 0 Å². The summed E-state index contributed by atoms with van der Waals surface area (Å²) < 4.78 is 18.7. The second kappa shape index (κ2) is 6.16. The van der Waals surface area contributed by atoms with E-state index in [0.29, 0.717) is 16.9 Å². The monoisotopic (exact) mass is 274 g/mol. The third-order valence-corrected chi connectivity index (χ3v) is 2.86. The lowest BCUT2D eigenvalue weighted by Crippen LogP contribution is -2.15. The number of nitrogen functional groups attached to an aromatic ring is 1. The van der Waals surface area contributed by atoms with Gasteiger partial charge in [0.2, 0.25) is 0 Å². The largest absolute Gasteiger partial charge is 0.489 e. The minimum atomic E-state index is -0.439. The Balaban J connectivity index is 2.12. The highest BCUT2D eigenvalue weighted by molar-refractivity contribution is 5.96. The van der Waals surface area contributed by atoms with Crippen molar-refractivity contribution in [1.82, 2.24) is 0 Å². The third-order valence-electron chi connectivity index (χ3n) is 2.86. The first kappa shape index (κ1) is 14.0. The fourth-order valence-electron chi connectivity index (χ4n) is 1.78. The lowest BCUT2D eigenvalue weighted by atomic mass is 10.1. The predicted molar refractivity (Wildman–Crippen MR) is 74.1 cm³/mol. The zero-order valence-electron chi connectivity index (χ0n) is 10.8. The smallest absolute Gasteiger partial charge is 0.123 e. The maximum Gasteiger partial charge on any atom is 0.123 e. The summed E-state index contributed by atoms with van der Waals surface area (Å²) in [4.78, 5) is 0. The van der Waals surface area contributed by atoms with Crippen LogP contribution in [0, 0.1) is 11.2 Å². The molecule has 0 heterocycles. The molecule has 0 spiro atoms. The van der Waals surface area contributed by atoms with Crippen LogP contribution < -0.4 is 10.5 Å². The van der Waals surface area contributed by atoms with Crippen molar-refractivity contribution in [1.29, 1.82) is 5.41 Å². The third kappa shape index (κ3) is 3.33. The fraction of sp³-hybridized carbons (Fsp3) is 0.133. The molecule has 4 N–H and O–H groups in total. The average Bonchev–Trinajstić information content (AvgIpc) is 2.46. The number of nitrogens with two attached hydrogens (primary N) is 1. The van der Waals surface area contributed by atoms with Gasteiger partial charge in [-0.25, -0.2) is 4.39 Å². The van der Waals surface area contributed by atoms with Gasteiger partial charge >= 0.3 is 0 Å². The molecule has 0 radical (unpaired) electrons. The summed E-state index contributed by atoms with van der Waals surface area (Å²) in [5, 5.41) is 16.4. The summed E-state index contributed by atoms with van der Waals surface area (Å²) >= 11 is 0. The summed E-state index contributed by atoms with van der Waals surface area (Å²) in [6.07, 6.45) is 0. The first-order chi connectivity index (χ1) is 9.60. The summed E-state index contributed by atoms with van der Waals surface area (Å²) in [6.45, 7) is 0.167. The first-order valence-corrected chi connectivity index (χ1v) is 6.05. The molecule has 0 aromatic heterocycles. The molecule has 2 aromatic rings. The Bertz CT molecular complexity index is 612. The van der Waals surface area contributed by atoms with Crippen molar-refractivity contribution in [2.45, 2.75) is 13.2 Å². The van der Waals surface area contributed by atoms with E-state index in [1.165, 1.54) is 12.1 Å². The van der Waals surface area contributed by atoms with E-state index in [2.05, 4.69) is 0 Å². The van der Waals surface area contributed by atoms with Crippen molar-refractivity contribution in [2.24, 2.45) is 5.73 Å². The Kier molecular flexibility index (Phi) is 4.32. The lowest BCUT2D eigenvalue weighted by molar-refractivity contribution is 0.280. The number of benzene rings is 2. The van der Waals surface area contributed by atoms with Gasteiger partial charge in [0.05, 0.1) is 6.61 Å². The van der Waals surface area contributed by atoms with E-state index in [-0.39, 0.29) is 19.0 Å². The molecule has 0 saturated heterocycles. The van der Waals surface area contributed by atoms with Gasteiger partial charge in [0.25, 0.3) is 0 Å². The van der Waals surface area contributed by atoms with Crippen LogP contribution in [0.5, 0.6) is 5.75 Å². The molecule has 2 aromatic carbocycles. The number of hydrogen-bond acceptors (Lipinski definition) is 3. The maximum atomic E-state index is 13.1. The molecule has 4 nitrogen and oxygen atoms in total. The summed E-state index contributed by atoms with van der Waals surface area (Å²) in [5.41, 5.74) is 7.19. The Morgan fingerprint density at radius 1 is 1.20 bits per heavy atom. The van der Waals surface area contributed by atoms with Gasteiger partial charge in [-0.1, -0.05) is 18.2 Å². The summed E-state index contributed by atoms with van der Waals surface area (Å²) in [7, 11) is 0. The SMILES string of the molecule is N=C(N)c1cc(F)ccc1COc1ccc(CO)cc1. The topological polar surface area (TPSA) is 79.3 Å². The van der Waals surface area contributed by atoms with Gasteiger partial charge in [-0.05, 0) is 29.8 Å². The molecule has 0 amide bonds. The lowest BCUT2D eigenvalue weighted by Gasteiger charge is -2.10. The van der Waals surface area contributed by atoms with E-state index in [1.54, 1.807) is 30.3 Å². The number of rotatable bonds is 5. The zero-order valence-corrected chi connectivity index (χ0v) is 10.8. The van der Waals surface area contributed by atoms with Crippen LogP contribution in [0.4, 0.5) is 4.39 Å². The predicted octanol–water partition coefficient (Wildman–Crippen LogP) is 2.18. The van der Waals surface area contributed by atoms with E-state index >= 15 is 0 Å². The van der Waals surface area contributed by atoms with Crippen LogP contribution in [0.2, 0.25) is 0 Å². The van der Waals surface area contributed by atoms with Crippen LogP contribution >= 0.6 is 0 Å². The van der Waals surface area contributed by atoms with Crippen molar-refractivity contribution < 1.29 is 14.2 Å². The minimum absolute atomic E-state index is 0.0211. The van der Waals surface area contributed by atoms with Crippen LogP contribution in [-0.2, 0) is 13.2 Å². The molecule has 20 heavy (non-hydrogen) atoms. The molecule has 0 atom stereocenters. The molecule has 0 fully saturated rings. The van der Waals surface area contributed by atoms with Crippen molar-refractivity contribution in [2.75, 3.05) is 0 Å². The number of aliphatic hydroxyl groups is 1. The second-order valence-corrected chi connectivity index (χ2v) is 4.31. The molecule has 0 aliphatic heterocycles. The van der Waals surface area contributed by atoms with Crippen LogP contribution in [0.15, 0.2) is 42.5 Å². The fourth-order valence-corrected chi connectivity index (χ4v) is 1.78. The van der Waals surface area contributed by atoms with Gasteiger partial charge in [0.1, 0.15) is 24.0 Å². The molecule has 0 aliphatic carbocycles. The van der Waals surface area contributed by atoms with Gasteiger partial charge in [0.15, 0.2) is 0 Å². The van der Waals surface area contributed by atoms with Crippen molar-refractivity contribution in [3.63, 3.8) is 0 Å². The Morgan fingerprint density at radius 2 is 1.90 bits per heavy atom. The summed E-state index contributed by atoms with van der Waals surface area (Å²) in [5.74, 6) is -0.00833. The second-order valence-electron chi connectivity index (χ2n) is 4.31. The van der Waals surface area contributed by atoms with Crippen molar-refractivity contribution in [3.05, 3.63) is 65.0 Å². The first-order valence-electron chi connectivity index (χ1n) is 6.05. The van der Waals surface area contributed by atoms with E-state index in [9.17, 15) is 4.39 Å². The molecular weight excluding hydrogens is 259 g/mol. The quantitative estimate of drug-likeness (QED) is 0.577. The van der Waals surface area contributed by atoms with Crippen molar-refractivity contribution >= 4 is 5.84 Å². The van der Waals surface area contributed by atoms with Crippen LogP contribution in [0.25, 0.3) is 0 Å². The minimum Gasteiger partial charge on any atom is -0.489 e. The normalized spacial score (nSPS) is 10.3. The van der Waals surface area contributed by atoms with Gasteiger partial charge in [0, 0.05) is 11.1 Å². The summed E-state index contributed by atoms with van der Waals surface area (Å²) in [6, 6.07) is 11.1. The van der Waals surface area contributed by atoms with E-state index in [4.69, 9.17) is 21.0 Å².